The summed E-state index contributed by atoms with van der Waals surface area (Å²) in [4.78, 5) is 21.1. The molecule has 154 valence electrons. The van der Waals surface area contributed by atoms with Crippen molar-refractivity contribution >= 4 is 28.9 Å². The Labute approximate surface area is 172 Å². The lowest BCUT2D eigenvalue weighted by molar-refractivity contribution is 0.0693. The molecule has 0 spiro atoms. The van der Waals surface area contributed by atoms with Crippen LogP contribution < -0.4 is 20.7 Å². The van der Waals surface area contributed by atoms with Crippen LogP contribution in [0.2, 0.25) is 0 Å². The maximum Gasteiger partial charge on any atom is 0.256 e. The summed E-state index contributed by atoms with van der Waals surface area (Å²) in [5.41, 5.74) is -0.0899. The Morgan fingerprint density at radius 1 is 1.45 bits per heavy atom. The second-order valence-electron chi connectivity index (χ2n) is 6.97. The Kier molecular flexibility index (Phi) is 4.74. The van der Waals surface area contributed by atoms with Crippen LogP contribution in [0.3, 0.4) is 0 Å². The highest BCUT2D eigenvalue weighted by atomic mass is 16.5. The number of amides is 1. The minimum atomic E-state index is -2.67. The van der Waals surface area contributed by atoms with Crippen molar-refractivity contribution in [3.63, 3.8) is 0 Å². The Morgan fingerprint density at radius 2 is 2.28 bits per heavy atom. The van der Waals surface area contributed by atoms with E-state index in [1.807, 2.05) is 0 Å². The molecule has 0 aliphatic heterocycles. The number of carbonyl (C=O) groups excluding carboxylic acids is 1. The van der Waals surface area contributed by atoms with Gasteiger partial charge in [0, 0.05) is 25.9 Å². The fourth-order valence-corrected chi connectivity index (χ4v) is 2.65. The highest BCUT2D eigenvalue weighted by Crippen LogP contribution is 2.26. The van der Waals surface area contributed by atoms with E-state index in [0.29, 0.717) is 23.7 Å². The van der Waals surface area contributed by atoms with E-state index in [2.05, 4.69) is 31.0 Å². The maximum atomic E-state index is 12.7. The standard InChI is InChI=1S/C19H25N7O3/c1-19(2,28)7-9-21-17(27)12-11-23-26-15(20-3)10-14(25-16(12)26)24-13-6-5-8-22-18(13)29-4/h5-6,8,10-11,20,28H,7,9H2,1-4H3,(H,21,27)(H,24,25)/i4D3. The summed E-state index contributed by atoms with van der Waals surface area (Å²) < 4.78 is 28.4. The van der Waals surface area contributed by atoms with Crippen LogP contribution in [0.4, 0.5) is 17.3 Å². The van der Waals surface area contributed by atoms with Crippen molar-refractivity contribution in [1.82, 2.24) is 24.9 Å². The smallest absolute Gasteiger partial charge is 0.256 e. The number of aliphatic hydroxyl groups is 1. The molecule has 1 amide bonds. The van der Waals surface area contributed by atoms with Gasteiger partial charge in [0.15, 0.2) is 5.65 Å². The molecule has 0 aliphatic rings. The zero-order valence-corrected chi connectivity index (χ0v) is 16.4. The van der Waals surface area contributed by atoms with Crippen LogP contribution in [0.15, 0.2) is 30.6 Å². The van der Waals surface area contributed by atoms with Gasteiger partial charge in [-0.05, 0) is 32.4 Å². The Morgan fingerprint density at radius 3 is 3.00 bits per heavy atom. The summed E-state index contributed by atoms with van der Waals surface area (Å²) in [5, 5.41) is 22.8. The van der Waals surface area contributed by atoms with E-state index >= 15 is 0 Å². The molecule has 0 atom stereocenters. The number of methoxy groups -OCH3 is 1. The number of hydrogen-bond donors (Lipinski definition) is 4. The van der Waals surface area contributed by atoms with E-state index < -0.39 is 12.6 Å². The molecule has 0 fully saturated rings. The molecule has 0 saturated carbocycles. The summed E-state index contributed by atoms with van der Waals surface area (Å²) in [6, 6.07) is 4.86. The van der Waals surface area contributed by atoms with Crippen molar-refractivity contribution in [2.24, 2.45) is 0 Å². The van der Waals surface area contributed by atoms with Crippen LogP contribution in [0.1, 0.15) is 34.7 Å². The maximum absolute atomic E-state index is 12.7. The number of hydrogen-bond acceptors (Lipinski definition) is 8. The predicted octanol–water partition coefficient (Wildman–Crippen LogP) is 1.81. The molecule has 0 saturated heterocycles. The van der Waals surface area contributed by atoms with Crippen LogP contribution in [0, 0.1) is 0 Å². The molecule has 0 bridgehead atoms. The molecule has 0 radical (unpaired) electrons. The first-order valence-electron chi connectivity index (χ1n) is 10.4. The molecule has 4 N–H and O–H groups in total. The Balaban J connectivity index is 1.92. The number of ether oxygens (including phenoxy) is 1. The number of nitrogens with zero attached hydrogens (tertiary/aromatic N) is 4. The highest BCUT2D eigenvalue weighted by molar-refractivity contribution is 6.00. The van der Waals surface area contributed by atoms with E-state index in [1.165, 1.54) is 16.9 Å². The van der Waals surface area contributed by atoms with Crippen LogP contribution in [0.5, 0.6) is 5.88 Å². The van der Waals surface area contributed by atoms with E-state index in [9.17, 15) is 9.90 Å². The van der Waals surface area contributed by atoms with Gasteiger partial charge in [0.05, 0.1) is 22.9 Å². The third-order valence-electron chi connectivity index (χ3n) is 4.13. The molecular weight excluding hydrogens is 374 g/mol. The number of fused-ring (bicyclic) bond motifs is 1. The monoisotopic (exact) mass is 402 g/mol. The molecule has 3 aromatic rings. The molecule has 29 heavy (non-hydrogen) atoms. The largest absolute Gasteiger partial charge is 0.480 e. The van der Waals surface area contributed by atoms with Gasteiger partial charge in [0.1, 0.15) is 22.9 Å². The topological polar surface area (TPSA) is 126 Å². The zero-order chi connectivity index (χ0) is 23.5. The molecule has 0 aliphatic carbocycles. The van der Waals surface area contributed by atoms with Gasteiger partial charge in [-0.25, -0.2) is 9.97 Å². The predicted molar refractivity (Wildman–Crippen MR) is 110 cm³/mol. The average molecular weight is 402 g/mol. The SMILES string of the molecule is [2H]C([2H])([2H])Oc1ncccc1Nc1cc(NC)n2ncc(C(=O)NCCC(C)(C)O)c2n1. The Bertz CT molecular complexity index is 1110. The molecule has 0 aromatic carbocycles. The summed E-state index contributed by atoms with van der Waals surface area (Å²) in [7, 11) is -0.977. The third kappa shape index (κ3) is 4.72. The van der Waals surface area contributed by atoms with Crippen molar-refractivity contribution in [2.45, 2.75) is 25.9 Å². The number of pyridine rings is 1. The van der Waals surface area contributed by atoms with Crippen molar-refractivity contribution in [2.75, 3.05) is 31.3 Å². The van der Waals surface area contributed by atoms with Crippen LogP contribution >= 0.6 is 0 Å². The van der Waals surface area contributed by atoms with Gasteiger partial charge in [-0.15, -0.1) is 0 Å². The van der Waals surface area contributed by atoms with Gasteiger partial charge in [-0.2, -0.15) is 9.61 Å². The van der Waals surface area contributed by atoms with Gasteiger partial charge in [-0.3, -0.25) is 4.79 Å². The number of carbonyl (C=O) groups is 1. The summed E-state index contributed by atoms with van der Waals surface area (Å²) >= 11 is 0. The van der Waals surface area contributed by atoms with Crippen LogP contribution in [-0.2, 0) is 0 Å². The Hall–Kier alpha value is -3.40. The number of rotatable bonds is 8. The van der Waals surface area contributed by atoms with E-state index in [4.69, 9.17) is 8.85 Å². The fourth-order valence-electron chi connectivity index (χ4n) is 2.65. The lowest BCUT2D eigenvalue weighted by Gasteiger charge is -2.16. The summed E-state index contributed by atoms with van der Waals surface area (Å²) in [6.45, 7) is 3.60. The molecule has 10 heteroatoms. The average Bonchev–Trinajstić information content (AvgIpc) is 3.11. The normalized spacial score (nSPS) is 13.3. The van der Waals surface area contributed by atoms with Crippen LogP contribution in [0.25, 0.3) is 5.65 Å². The molecule has 3 aromatic heterocycles. The van der Waals surface area contributed by atoms with Gasteiger partial charge in [0.2, 0.25) is 5.88 Å². The first-order chi connectivity index (χ1) is 15.0. The fraction of sp³-hybridized carbons (Fsp3) is 0.368. The lowest BCUT2D eigenvalue weighted by Crippen LogP contribution is -2.30. The van der Waals surface area contributed by atoms with Crippen molar-refractivity contribution < 1.29 is 18.8 Å². The molecule has 3 rings (SSSR count). The number of nitrogens with one attached hydrogen (secondary N) is 3. The highest BCUT2D eigenvalue weighted by Gasteiger charge is 2.19. The molecular formula is C19H25N7O3. The van der Waals surface area contributed by atoms with Crippen LogP contribution in [-0.4, -0.2) is 56.8 Å². The van der Waals surface area contributed by atoms with Crippen molar-refractivity contribution in [1.29, 1.82) is 0 Å². The van der Waals surface area contributed by atoms with Gasteiger partial charge in [0.25, 0.3) is 5.91 Å². The zero-order valence-electron chi connectivity index (χ0n) is 19.4. The summed E-state index contributed by atoms with van der Waals surface area (Å²) in [5.74, 6) is 0.355. The van der Waals surface area contributed by atoms with Gasteiger partial charge < -0.3 is 25.8 Å². The van der Waals surface area contributed by atoms with E-state index in [0.717, 1.165) is 0 Å². The third-order valence-corrected chi connectivity index (χ3v) is 4.13. The first kappa shape index (κ1) is 16.5. The van der Waals surface area contributed by atoms with E-state index in [-0.39, 0.29) is 29.5 Å². The quantitative estimate of drug-likeness (QED) is 0.449. The second-order valence-corrected chi connectivity index (χ2v) is 6.97. The number of aromatic nitrogens is 4. The first-order valence-corrected chi connectivity index (χ1v) is 8.95. The van der Waals surface area contributed by atoms with Crippen molar-refractivity contribution in [3.8, 4) is 5.88 Å². The number of anilines is 3. The molecule has 3 heterocycles. The minimum Gasteiger partial charge on any atom is -0.480 e. The molecule has 10 nitrogen and oxygen atoms in total. The lowest BCUT2D eigenvalue weighted by atomic mass is 10.1. The van der Waals surface area contributed by atoms with E-state index in [1.54, 1.807) is 39.1 Å². The second kappa shape index (κ2) is 8.31. The summed E-state index contributed by atoms with van der Waals surface area (Å²) in [6.07, 6.45) is 3.20. The van der Waals surface area contributed by atoms with Gasteiger partial charge in [-0.1, -0.05) is 0 Å². The molecule has 0 unspecified atom stereocenters. The van der Waals surface area contributed by atoms with Crippen molar-refractivity contribution in [3.05, 3.63) is 36.2 Å². The minimum absolute atomic E-state index is 0.113. The van der Waals surface area contributed by atoms with Gasteiger partial charge >= 0.3 is 0 Å².